The van der Waals surface area contributed by atoms with Crippen LogP contribution < -0.4 is 5.32 Å². The van der Waals surface area contributed by atoms with Crippen LogP contribution in [0.2, 0.25) is 0 Å². The Kier molecular flexibility index (Phi) is 7.14. The SMILES string of the molecule is CCCC(CCO)CNC(=O)c1cc(COC)on1. The predicted octanol–water partition coefficient (Wildman–Crippen LogP) is 1.35. The van der Waals surface area contributed by atoms with Gasteiger partial charge in [-0.1, -0.05) is 18.5 Å². The minimum atomic E-state index is -0.259. The van der Waals surface area contributed by atoms with Gasteiger partial charge in [-0.05, 0) is 18.8 Å². The minimum Gasteiger partial charge on any atom is -0.396 e. The summed E-state index contributed by atoms with van der Waals surface area (Å²) in [5.74, 6) is 0.558. The van der Waals surface area contributed by atoms with E-state index in [2.05, 4.69) is 17.4 Å². The van der Waals surface area contributed by atoms with Gasteiger partial charge >= 0.3 is 0 Å². The maximum absolute atomic E-state index is 11.8. The van der Waals surface area contributed by atoms with Gasteiger partial charge in [0.05, 0.1) is 0 Å². The quantitative estimate of drug-likeness (QED) is 0.707. The van der Waals surface area contributed by atoms with Crippen molar-refractivity contribution >= 4 is 5.91 Å². The molecule has 1 amide bonds. The number of nitrogens with zero attached hydrogens (tertiary/aromatic N) is 1. The third kappa shape index (κ3) is 5.40. The molecule has 0 aliphatic rings. The highest BCUT2D eigenvalue weighted by atomic mass is 16.5. The van der Waals surface area contributed by atoms with E-state index >= 15 is 0 Å². The fourth-order valence-corrected chi connectivity index (χ4v) is 1.90. The first kappa shape index (κ1) is 15.7. The molecule has 6 heteroatoms. The van der Waals surface area contributed by atoms with E-state index in [-0.39, 0.29) is 18.2 Å². The molecule has 1 rings (SSSR count). The fraction of sp³-hybridized carbons (Fsp3) is 0.692. The molecule has 108 valence electrons. The average Bonchev–Trinajstić information content (AvgIpc) is 2.85. The number of methoxy groups -OCH3 is 1. The first-order valence-electron chi connectivity index (χ1n) is 6.54. The lowest BCUT2D eigenvalue weighted by Crippen LogP contribution is -2.30. The Bertz CT molecular complexity index is 372. The van der Waals surface area contributed by atoms with Gasteiger partial charge in [0.2, 0.25) is 0 Å². The summed E-state index contributed by atoms with van der Waals surface area (Å²) in [6.45, 7) is 3.06. The zero-order valence-corrected chi connectivity index (χ0v) is 11.5. The van der Waals surface area contributed by atoms with Crippen molar-refractivity contribution in [3.63, 3.8) is 0 Å². The summed E-state index contributed by atoms with van der Waals surface area (Å²) in [7, 11) is 1.55. The lowest BCUT2D eigenvalue weighted by atomic mass is 10.0. The van der Waals surface area contributed by atoms with Gasteiger partial charge in [-0.25, -0.2) is 0 Å². The molecule has 0 saturated heterocycles. The number of nitrogens with one attached hydrogen (secondary N) is 1. The van der Waals surface area contributed by atoms with E-state index in [1.807, 2.05) is 0 Å². The summed E-state index contributed by atoms with van der Waals surface area (Å²) in [5.41, 5.74) is 0.256. The van der Waals surface area contributed by atoms with Crippen molar-refractivity contribution in [2.45, 2.75) is 32.8 Å². The number of carbonyl (C=O) groups excluding carboxylic acids is 1. The summed E-state index contributed by atoms with van der Waals surface area (Å²) < 4.78 is 9.84. The number of ether oxygens (including phenoxy) is 1. The summed E-state index contributed by atoms with van der Waals surface area (Å²) in [4.78, 5) is 11.8. The Hall–Kier alpha value is -1.40. The highest BCUT2D eigenvalue weighted by molar-refractivity contribution is 5.92. The van der Waals surface area contributed by atoms with Gasteiger partial charge in [0.1, 0.15) is 6.61 Å². The van der Waals surface area contributed by atoms with Crippen LogP contribution in [-0.4, -0.2) is 36.4 Å². The molecule has 1 unspecified atom stereocenters. The van der Waals surface area contributed by atoms with Crippen LogP contribution in [-0.2, 0) is 11.3 Å². The van der Waals surface area contributed by atoms with Crippen LogP contribution in [0.25, 0.3) is 0 Å². The molecule has 0 aliphatic heterocycles. The van der Waals surface area contributed by atoms with E-state index in [4.69, 9.17) is 14.4 Å². The molecule has 19 heavy (non-hydrogen) atoms. The maximum Gasteiger partial charge on any atom is 0.273 e. The zero-order chi connectivity index (χ0) is 14.1. The van der Waals surface area contributed by atoms with Crippen molar-refractivity contribution in [3.05, 3.63) is 17.5 Å². The summed E-state index contributed by atoms with van der Waals surface area (Å²) in [6, 6.07) is 1.57. The molecule has 1 atom stereocenters. The van der Waals surface area contributed by atoms with Crippen LogP contribution in [0, 0.1) is 5.92 Å². The van der Waals surface area contributed by atoms with Crippen molar-refractivity contribution in [3.8, 4) is 0 Å². The van der Waals surface area contributed by atoms with Crippen LogP contribution >= 0.6 is 0 Å². The summed E-state index contributed by atoms with van der Waals surface area (Å²) in [6.07, 6.45) is 2.71. The van der Waals surface area contributed by atoms with Crippen LogP contribution in [0.5, 0.6) is 0 Å². The lowest BCUT2D eigenvalue weighted by Gasteiger charge is -2.14. The van der Waals surface area contributed by atoms with E-state index in [0.717, 1.165) is 12.8 Å². The summed E-state index contributed by atoms with van der Waals surface area (Å²) >= 11 is 0. The van der Waals surface area contributed by atoms with Crippen molar-refractivity contribution in [1.82, 2.24) is 10.5 Å². The van der Waals surface area contributed by atoms with E-state index in [1.54, 1.807) is 13.2 Å². The second-order valence-electron chi connectivity index (χ2n) is 4.49. The van der Waals surface area contributed by atoms with E-state index in [1.165, 1.54) is 0 Å². The Balaban J connectivity index is 2.44. The highest BCUT2D eigenvalue weighted by Gasteiger charge is 2.14. The number of aliphatic hydroxyl groups excluding tert-OH is 1. The average molecular weight is 270 g/mol. The zero-order valence-electron chi connectivity index (χ0n) is 11.5. The molecule has 0 bridgehead atoms. The Labute approximate surface area is 113 Å². The van der Waals surface area contributed by atoms with E-state index in [0.29, 0.717) is 31.3 Å². The third-order valence-corrected chi connectivity index (χ3v) is 2.86. The van der Waals surface area contributed by atoms with Gasteiger partial charge in [-0.15, -0.1) is 0 Å². The minimum absolute atomic E-state index is 0.141. The lowest BCUT2D eigenvalue weighted by molar-refractivity contribution is 0.0933. The molecule has 0 aromatic carbocycles. The van der Waals surface area contributed by atoms with Gasteiger partial charge in [0.15, 0.2) is 11.5 Å². The van der Waals surface area contributed by atoms with Gasteiger partial charge in [-0.2, -0.15) is 0 Å². The number of aromatic nitrogens is 1. The van der Waals surface area contributed by atoms with E-state index < -0.39 is 0 Å². The van der Waals surface area contributed by atoms with Gasteiger partial charge in [0.25, 0.3) is 5.91 Å². The van der Waals surface area contributed by atoms with E-state index in [9.17, 15) is 4.79 Å². The van der Waals surface area contributed by atoms with Crippen LogP contribution in [0.15, 0.2) is 10.6 Å². The number of amides is 1. The predicted molar refractivity (Wildman–Crippen MR) is 69.7 cm³/mol. The van der Waals surface area contributed by atoms with Crippen LogP contribution in [0.1, 0.15) is 42.4 Å². The molecule has 1 aromatic rings. The highest BCUT2D eigenvalue weighted by Crippen LogP contribution is 2.10. The number of rotatable bonds is 9. The van der Waals surface area contributed by atoms with Crippen molar-refractivity contribution < 1.29 is 19.2 Å². The molecule has 0 aliphatic carbocycles. The largest absolute Gasteiger partial charge is 0.396 e. The summed E-state index contributed by atoms with van der Waals surface area (Å²) in [5, 5.41) is 15.5. The molecule has 0 saturated carbocycles. The van der Waals surface area contributed by atoms with Crippen LogP contribution in [0.3, 0.4) is 0 Å². The molecule has 1 heterocycles. The molecule has 0 radical (unpaired) electrons. The smallest absolute Gasteiger partial charge is 0.273 e. The molecule has 0 fully saturated rings. The first-order valence-corrected chi connectivity index (χ1v) is 6.54. The molecule has 2 N–H and O–H groups in total. The topological polar surface area (TPSA) is 84.6 Å². The Morgan fingerprint density at radius 2 is 2.37 bits per heavy atom. The molecule has 1 aromatic heterocycles. The Morgan fingerprint density at radius 1 is 1.58 bits per heavy atom. The molecule has 6 nitrogen and oxygen atoms in total. The van der Waals surface area contributed by atoms with Crippen LogP contribution in [0.4, 0.5) is 0 Å². The molecular weight excluding hydrogens is 248 g/mol. The molecular formula is C13H22N2O4. The standard InChI is InChI=1S/C13H22N2O4/c1-3-4-10(5-6-16)8-14-13(17)12-7-11(9-18-2)19-15-12/h7,10,16H,3-6,8-9H2,1-2H3,(H,14,17). The van der Waals surface area contributed by atoms with Crippen molar-refractivity contribution in [2.24, 2.45) is 5.92 Å². The number of hydrogen-bond acceptors (Lipinski definition) is 5. The number of aliphatic hydroxyl groups is 1. The van der Waals surface area contributed by atoms with Gasteiger partial charge in [0, 0.05) is 26.3 Å². The molecule has 0 spiro atoms. The third-order valence-electron chi connectivity index (χ3n) is 2.86. The monoisotopic (exact) mass is 270 g/mol. The number of hydrogen-bond donors (Lipinski definition) is 2. The van der Waals surface area contributed by atoms with Crippen molar-refractivity contribution in [2.75, 3.05) is 20.3 Å². The maximum atomic E-state index is 11.8. The van der Waals surface area contributed by atoms with Gasteiger partial charge < -0.3 is 19.7 Å². The number of carbonyl (C=O) groups is 1. The fourth-order valence-electron chi connectivity index (χ4n) is 1.90. The second kappa shape index (κ2) is 8.66. The first-order chi connectivity index (χ1) is 9.21. The Morgan fingerprint density at radius 3 is 3.00 bits per heavy atom. The second-order valence-corrected chi connectivity index (χ2v) is 4.49. The van der Waals surface area contributed by atoms with Crippen molar-refractivity contribution in [1.29, 1.82) is 0 Å². The van der Waals surface area contributed by atoms with Gasteiger partial charge in [-0.3, -0.25) is 4.79 Å². The normalized spacial score (nSPS) is 12.4.